The van der Waals surface area contributed by atoms with Gasteiger partial charge in [-0.1, -0.05) is 18.2 Å². The number of carbonyl (C=O) groups is 1. The summed E-state index contributed by atoms with van der Waals surface area (Å²) in [5.41, 5.74) is 0.637. The molecule has 0 aliphatic carbocycles. The Kier molecular flexibility index (Phi) is 2.66. The highest BCUT2D eigenvalue weighted by molar-refractivity contribution is 5.94. The number of benzene rings is 1. The summed E-state index contributed by atoms with van der Waals surface area (Å²) in [4.78, 5) is 11.1. The second-order valence-electron chi connectivity index (χ2n) is 2.08. The van der Waals surface area contributed by atoms with Gasteiger partial charge in [-0.05, 0) is 19.1 Å². The van der Waals surface area contributed by atoms with Gasteiger partial charge in [-0.2, -0.15) is 0 Å². The molecule has 0 heterocycles. The summed E-state index contributed by atoms with van der Waals surface area (Å²) in [5.74, 6) is -0.131. The number of carbonyl (C=O) groups excluding carboxylic acids is 1. The van der Waals surface area contributed by atoms with E-state index in [2.05, 4.69) is 5.32 Å². The fraction of sp³-hybridized carbons (Fsp3) is 0.111. The molecule has 0 bridgehead atoms. The molecule has 0 saturated heterocycles. The molecule has 56 valence electrons. The number of rotatable bonds is 2. The van der Waals surface area contributed by atoms with Crippen LogP contribution in [0.4, 0.5) is 0 Å². The van der Waals surface area contributed by atoms with E-state index in [-0.39, 0.29) is 12.5 Å². The lowest BCUT2D eigenvalue weighted by atomic mass is 10.2. The van der Waals surface area contributed by atoms with Gasteiger partial charge in [0.15, 0.2) is 0 Å². The molecule has 2 radical (unpaired) electrons. The maximum absolute atomic E-state index is 11.1. The summed E-state index contributed by atoms with van der Waals surface area (Å²) >= 11 is 0. The molecule has 1 aromatic rings. The molecule has 0 aromatic heterocycles. The molecule has 2 heteroatoms. The van der Waals surface area contributed by atoms with Gasteiger partial charge in [0.2, 0.25) is 0 Å². The molecule has 0 atom stereocenters. The van der Waals surface area contributed by atoms with Crippen LogP contribution in [0.5, 0.6) is 0 Å². The van der Waals surface area contributed by atoms with Gasteiger partial charge >= 0.3 is 0 Å². The Morgan fingerprint density at radius 3 is 2.55 bits per heavy atom. The van der Waals surface area contributed by atoms with Crippen molar-refractivity contribution in [1.82, 2.24) is 5.32 Å². The molecular formula is C9H9NO. The van der Waals surface area contributed by atoms with Crippen molar-refractivity contribution in [1.29, 1.82) is 0 Å². The fourth-order valence-corrected chi connectivity index (χ4v) is 0.784. The normalized spacial score (nSPS) is 9.18. The van der Waals surface area contributed by atoms with Crippen molar-refractivity contribution in [3.63, 3.8) is 0 Å². The molecule has 0 spiro atoms. The van der Waals surface area contributed by atoms with Crippen LogP contribution in [-0.2, 0) is 0 Å². The van der Waals surface area contributed by atoms with Gasteiger partial charge in [0.1, 0.15) is 0 Å². The Balaban J connectivity index is 2.69. The summed E-state index contributed by atoms with van der Waals surface area (Å²) in [6.07, 6.45) is 0. The van der Waals surface area contributed by atoms with Crippen LogP contribution in [0.2, 0.25) is 0 Å². The van der Waals surface area contributed by atoms with Crippen LogP contribution in [0.25, 0.3) is 0 Å². The van der Waals surface area contributed by atoms with Gasteiger partial charge < -0.3 is 5.32 Å². The number of nitrogens with one attached hydrogen (secondary N) is 1. The molecule has 0 aliphatic rings. The minimum atomic E-state index is -0.131. The van der Waals surface area contributed by atoms with Crippen molar-refractivity contribution in [2.75, 3.05) is 6.54 Å². The minimum Gasteiger partial charge on any atom is -0.352 e. The van der Waals surface area contributed by atoms with Crippen LogP contribution < -0.4 is 5.32 Å². The predicted octanol–water partition coefficient (Wildman–Crippen LogP) is 1.13. The zero-order valence-corrected chi connectivity index (χ0v) is 6.08. The first-order valence-electron chi connectivity index (χ1n) is 3.38. The Hall–Kier alpha value is -1.31. The van der Waals surface area contributed by atoms with Crippen LogP contribution in [0.15, 0.2) is 30.3 Å². The Morgan fingerprint density at radius 2 is 2.00 bits per heavy atom. The Morgan fingerprint density at radius 1 is 1.36 bits per heavy atom. The predicted molar refractivity (Wildman–Crippen MR) is 43.1 cm³/mol. The molecule has 0 aliphatic heterocycles. The quantitative estimate of drug-likeness (QED) is 0.667. The van der Waals surface area contributed by atoms with Crippen molar-refractivity contribution in [2.24, 2.45) is 0 Å². The smallest absolute Gasteiger partial charge is 0.251 e. The lowest BCUT2D eigenvalue weighted by Gasteiger charge is -1.99. The summed E-state index contributed by atoms with van der Waals surface area (Å²) < 4.78 is 0. The van der Waals surface area contributed by atoms with Crippen LogP contribution in [0.3, 0.4) is 0 Å². The second-order valence-corrected chi connectivity index (χ2v) is 2.08. The van der Waals surface area contributed by atoms with Crippen LogP contribution in [0.1, 0.15) is 10.4 Å². The molecule has 0 fully saturated rings. The maximum Gasteiger partial charge on any atom is 0.251 e. The van der Waals surface area contributed by atoms with E-state index in [1.54, 1.807) is 12.1 Å². The minimum absolute atomic E-state index is 0.131. The highest BCUT2D eigenvalue weighted by Crippen LogP contribution is 1.96. The first-order chi connectivity index (χ1) is 5.34. The average molecular weight is 147 g/mol. The van der Waals surface area contributed by atoms with E-state index in [1.165, 1.54) is 0 Å². The molecule has 2 nitrogen and oxygen atoms in total. The standard InChI is InChI=1S/C9H9NO/c1-2-10-9(11)8-6-4-3-5-7-8/h1,3-7H,2H2,(H,10,11). The zero-order valence-electron chi connectivity index (χ0n) is 6.08. The van der Waals surface area contributed by atoms with E-state index < -0.39 is 0 Å². The fourth-order valence-electron chi connectivity index (χ4n) is 0.784. The summed E-state index contributed by atoms with van der Waals surface area (Å²) in [5, 5.41) is 2.50. The molecule has 1 N–H and O–H groups in total. The SMILES string of the molecule is [CH]CNC(=O)c1ccccc1. The first-order valence-corrected chi connectivity index (χ1v) is 3.38. The van der Waals surface area contributed by atoms with Gasteiger partial charge in [0.25, 0.3) is 5.91 Å². The zero-order chi connectivity index (χ0) is 8.10. The van der Waals surface area contributed by atoms with Crippen LogP contribution >= 0.6 is 0 Å². The first kappa shape index (κ1) is 7.79. The van der Waals surface area contributed by atoms with Crippen molar-refractivity contribution < 1.29 is 4.79 Å². The van der Waals surface area contributed by atoms with E-state index in [1.807, 2.05) is 18.2 Å². The third-order valence-corrected chi connectivity index (χ3v) is 1.30. The van der Waals surface area contributed by atoms with Gasteiger partial charge in [-0.3, -0.25) is 4.79 Å². The number of hydrogen-bond acceptors (Lipinski definition) is 1. The summed E-state index contributed by atoms with van der Waals surface area (Å²) in [6, 6.07) is 8.96. The Labute approximate surface area is 66.2 Å². The van der Waals surface area contributed by atoms with Crippen molar-refractivity contribution in [3.05, 3.63) is 42.8 Å². The number of amides is 1. The highest BCUT2D eigenvalue weighted by Gasteiger charge is 1.99. The molecule has 1 rings (SSSR count). The molecule has 11 heavy (non-hydrogen) atoms. The molecule has 1 amide bonds. The van der Waals surface area contributed by atoms with E-state index in [0.717, 1.165) is 0 Å². The molecule has 1 aromatic carbocycles. The lowest BCUT2D eigenvalue weighted by Crippen LogP contribution is -2.22. The van der Waals surface area contributed by atoms with Crippen LogP contribution in [-0.4, -0.2) is 12.5 Å². The molecule has 0 saturated carbocycles. The van der Waals surface area contributed by atoms with Crippen LogP contribution in [0, 0.1) is 6.92 Å². The van der Waals surface area contributed by atoms with Gasteiger partial charge in [0.05, 0.1) is 0 Å². The van der Waals surface area contributed by atoms with Crippen molar-refractivity contribution in [2.45, 2.75) is 0 Å². The van der Waals surface area contributed by atoms with E-state index >= 15 is 0 Å². The molecule has 0 unspecified atom stereocenters. The summed E-state index contributed by atoms with van der Waals surface area (Å²) in [7, 11) is 0. The van der Waals surface area contributed by atoms with E-state index in [9.17, 15) is 4.79 Å². The second kappa shape index (κ2) is 3.76. The number of hydrogen-bond donors (Lipinski definition) is 1. The highest BCUT2D eigenvalue weighted by atomic mass is 16.1. The lowest BCUT2D eigenvalue weighted by molar-refractivity contribution is 0.0958. The van der Waals surface area contributed by atoms with Gasteiger partial charge in [0, 0.05) is 12.1 Å². The van der Waals surface area contributed by atoms with E-state index in [4.69, 9.17) is 6.92 Å². The van der Waals surface area contributed by atoms with Crippen molar-refractivity contribution in [3.8, 4) is 0 Å². The van der Waals surface area contributed by atoms with E-state index in [0.29, 0.717) is 5.56 Å². The van der Waals surface area contributed by atoms with Gasteiger partial charge in [-0.25, -0.2) is 0 Å². The topological polar surface area (TPSA) is 29.1 Å². The summed E-state index contributed by atoms with van der Waals surface area (Å²) in [6.45, 7) is 5.31. The maximum atomic E-state index is 11.1. The molecular weight excluding hydrogens is 138 g/mol. The Bertz CT molecular complexity index is 231. The third kappa shape index (κ3) is 2.08. The average Bonchev–Trinajstić information content (AvgIpc) is 2.07. The largest absolute Gasteiger partial charge is 0.352 e. The van der Waals surface area contributed by atoms with Gasteiger partial charge in [-0.15, -0.1) is 0 Å². The third-order valence-electron chi connectivity index (χ3n) is 1.30. The van der Waals surface area contributed by atoms with Crippen molar-refractivity contribution >= 4 is 5.91 Å². The monoisotopic (exact) mass is 147 g/mol.